The standard InChI is InChI=1S/C14H20ClN3O3S/c1-16-7-9-18(10-8-16)14(19)11-17(2)22(20,21)13-5-3-12(15)4-6-13/h3-6H,7-11H2,1-2H3. The summed E-state index contributed by atoms with van der Waals surface area (Å²) in [5, 5.41) is 0.468. The van der Waals surface area contributed by atoms with Crippen LogP contribution in [0, 0.1) is 0 Å². The monoisotopic (exact) mass is 345 g/mol. The zero-order chi connectivity index (χ0) is 16.3. The van der Waals surface area contributed by atoms with Gasteiger partial charge >= 0.3 is 0 Å². The Morgan fingerprint density at radius 2 is 1.73 bits per heavy atom. The van der Waals surface area contributed by atoms with Crippen molar-refractivity contribution in [3.63, 3.8) is 0 Å². The van der Waals surface area contributed by atoms with Crippen molar-refractivity contribution in [1.29, 1.82) is 0 Å². The van der Waals surface area contributed by atoms with Crippen molar-refractivity contribution in [1.82, 2.24) is 14.1 Å². The number of carbonyl (C=O) groups excluding carboxylic acids is 1. The summed E-state index contributed by atoms with van der Waals surface area (Å²) in [5.74, 6) is -0.173. The van der Waals surface area contributed by atoms with Crippen LogP contribution < -0.4 is 0 Å². The summed E-state index contributed by atoms with van der Waals surface area (Å²) in [6, 6.07) is 5.91. The van der Waals surface area contributed by atoms with E-state index in [1.807, 2.05) is 7.05 Å². The van der Waals surface area contributed by atoms with Crippen LogP contribution in [-0.2, 0) is 14.8 Å². The summed E-state index contributed by atoms with van der Waals surface area (Å²) in [7, 11) is -0.270. The molecule has 8 heteroatoms. The van der Waals surface area contributed by atoms with Crippen LogP contribution in [0.25, 0.3) is 0 Å². The van der Waals surface area contributed by atoms with Crippen LogP contribution in [0.1, 0.15) is 0 Å². The molecule has 0 unspecified atom stereocenters. The third-order valence-electron chi connectivity index (χ3n) is 3.74. The number of amides is 1. The van der Waals surface area contributed by atoms with E-state index in [-0.39, 0.29) is 17.3 Å². The predicted molar refractivity (Wildman–Crippen MR) is 85.3 cm³/mol. The number of carbonyl (C=O) groups is 1. The summed E-state index contributed by atoms with van der Waals surface area (Å²) in [4.78, 5) is 16.2. The van der Waals surface area contributed by atoms with Crippen molar-refractivity contribution in [2.75, 3.05) is 46.8 Å². The summed E-state index contributed by atoms with van der Waals surface area (Å²) < 4.78 is 25.9. The number of hydrogen-bond acceptors (Lipinski definition) is 4. The minimum Gasteiger partial charge on any atom is -0.339 e. The third-order valence-corrected chi connectivity index (χ3v) is 5.81. The molecule has 0 bridgehead atoms. The van der Waals surface area contributed by atoms with Crippen molar-refractivity contribution in [3.8, 4) is 0 Å². The lowest BCUT2D eigenvalue weighted by molar-refractivity contribution is -0.132. The largest absolute Gasteiger partial charge is 0.339 e. The molecule has 1 aromatic carbocycles. The van der Waals surface area contributed by atoms with E-state index in [2.05, 4.69) is 4.90 Å². The van der Waals surface area contributed by atoms with Crippen LogP contribution >= 0.6 is 11.6 Å². The number of rotatable bonds is 4. The van der Waals surface area contributed by atoms with Crippen molar-refractivity contribution in [2.45, 2.75) is 4.90 Å². The van der Waals surface area contributed by atoms with E-state index in [9.17, 15) is 13.2 Å². The molecule has 0 aliphatic carbocycles. The Morgan fingerprint density at radius 1 is 1.18 bits per heavy atom. The maximum Gasteiger partial charge on any atom is 0.243 e. The van der Waals surface area contributed by atoms with E-state index in [1.54, 1.807) is 4.90 Å². The molecule has 0 spiro atoms. The molecule has 0 aromatic heterocycles. The second kappa shape index (κ2) is 6.95. The highest BCUT2D eigenvalue weighted by Crippen LogP contribution is 2.17. The Morgan fingerprint density at radius 3 is 2.27 bits per heavy atom. The number of nitrogens with zero attached hydrogens (tertiary/aromatic N) is 3. The molecule has 0 atom stereocenters. The number of benzene rings is 1. The first kappa shape index (κ1) is 17.2. The van der Waals surface area contributed by atoms with Gasteiger partial charge in [-0.15, -0.1) is 0 Å². The van der Waals surface area contributed by atoms with Crippen molar-refractivity contribution in [3.05, 3.63) is 29.3 Å². The molecule has 1 aromatic rings. The van der Waals surface area contributed by atoms with Gasteiger partial charge in [-0.1, -0.05) is 11.6 Å². The van der Waals surface area contributed by atoms with E-state index >= 15 is 0 Å². The first-order chi connectivity index (χ1) is 10.3. The predicted octanol–water partition coefficient (Wildman–Crippen LogP) is 0.734. The van der Waals surface area contributed by atoms with E-state index in [1.165, 1.54) is 31.3 Å². The smallest absolute Gasteiger partial charge is 0.243 e. The maximum atomic E-state index is 12.4. The number of likely N-dealkylation sites (N-methyl/N-ethyl adjacent to an activating group) is 2. The third kappa shape index (κ3) is 3.98. The lowest BCUT2D eigenvalue weighted by Gasteiger charge is -2.33. The molecule has 22 heavy (non-hydrogen) atoms. The molecule has 1 amide bonds. The van der Waals surface area contributed by atoms with Gasteiger partial charge in [-0.3, -0.25) is 4.79 Å². The Labute approximate surface area is 136 Å². The zero-order valence-electron chi connectivity index (χ0n) is 12.7. The molecule has 1 fully saturated rings. The summed E-state index contributed by atoms with van der Waals surface area (Å²) in [5.41, 5.74) is 0. The lowest BCUT2D eigenvalue weighted by Crippen LogP contribution is -2.50. The Kier molecular flexibility index (Phi) is 5.44. The quantitative estimate of drug-likeness (QED) is 0.807. The Balaban J connectivity index is 2.03. The number of hydrogen-bond donors (Lipinski definition) is 0. The van der Waals surface area contributed by atoms with Gasteiger partial charge in [-0.05, 0) is 31.3 Å². The van der Waals surface area contributed by atoms with Gasteiger partial charge < -0.3 is 9.80 Å². The normalized spacial score (nSPS) is 17.0. The van der Waals surface area contributed by atoms with Gasteiger partial charge in [0.2, 0.25) is 15.9 Å². The Hall–Kier alpha value is -1.15. The van der Waals surface area contributed by atoms with Crippen LogP contribution in [-0.4, -0.2) is 75.2 Å². The van der Waals surface area contributed by atoms with Gasteiger partial charge in [0.25, 0.3) is 0 Å². The van der Waals surface area contributed by atoms with E-state index < -0.39 is 10.0 Å². The summed E-state index contributed by atoms with van der Waals surface area (Å²) in [6.07, 6.45) is 0. The van der Waals surface area contributed by atoms with Crippen LogP contribution in [0.4, 0.5) is 0 Å². The number of halogens is 1. The topological polar surface area (TPSA) is 60.9 Å². The second-order valence-corrected chi connectivity index (χ2v) is 7.88. The fourth-order valence-corrected chi connectivity index (χ4v) is 3.46. The fourth-order valence-electron chi connectivity index (χ4n) is 2.22. The molecule has 0 N–H and O–H groups in total. The van der Waals surface area contributed by atoms with Crippen LogP contribution in [0.2, 0.25) is 5.02 Å². The molecule has 1 heterocycles. The molecular formula is C14H20ClN3O3S. The fraction of sp³-hybridized carbons (Fsp3) is 0.500. The molecule has 2 rings (SSSR count). The maximum absolute atomic E-state index is 12.4. The van der Waals surface area contributed by atoms with Gasteiger partial charge in [-0.25, -0.2) is 8.42 Å². The average Bonchev–Trinajstić information content (AvgIpc) is 2.48. The minimum absolute atomic E-state index is 0.130. The van der Waals surface area contributed by atoms with E-state index in [0.29, 0.717) is 18.1 Å². The number of sulfonamides is 1. The first-order valence-electron chi connectivity index (χ1n) is 6.99. The van der Waals surface area contributed by atoms with Crippen molar-refractivity contribution in [2.24, 2.45) is 0 Å². The zero-order valence-corrected chi connectivity index (χ0v) is 14.3. The molecule has 0 saturated carbocycles. The van der Waals surface area contributed by atoms with Crippen molar-refractivity contribution >= 4 is 27.5 Å². The highest BCUT2D eigenvalue weighted by molar-refractivity contribution is 7.89. The Bertz CT molecular complexity index is 625. The minimum atomic E-state index is -3.68. The SMILES string of the molecule is CN1CCN(C(=O)CN(C)S(=O)(=O)c2ccc(Cl)cc2)CC1. The number of piperazine rings is 1. The molecule has 1 saturated heterocycles. The molecule has 6 nitrogen and oxygen atoms in total. The molecule has 1 aliphatic heterocycles. The van der Waals surface area contributed by atoms with Gasteiger partial charge in [0, 0.05) is 38.2 Å². The van der Waals surface area contributed by atoms with E-state index in [0.717, 1.165) is 17.4 Å². The molecular weight excluding hydrogens is 326 g/mol. The highest BCUT2D eigenvalue weighted by atomic mass is 35.5. The van der Waals surface area contributed by atoms with Gasteiger partial charge in [0.15, 0.2) is 0 Å². The van der Waals surface area contributed by atoms with Gasteiger partial charge in [0.1, 0.15) is 0 Å². The van der Waals surface area contributed by atoms with Gasteiger partial charge in [-0.2, -0.15) is 4.31 Å². The van der Waals surface area contributed by atoms with Gasteiger partial charge in [0.05, 0.1) is 11.4 Å². The van der Waals surface area contributed by atoms with Crippen molar-refractivity contribution < 1.29 is 13.2 Å². The molecule has 0 radical (unpaired) electrons. The highest BCUT2D eigenvalue weighted by Gasteiger charge is 2.26. The average molecular weight is 346 g/mol. The van der Waals surface area contributed by atoms with Crippen LogP contribution in [0.3, 0.4) is 0 Å². The van der Waals surface area contributed by atoms with Crippen LogP contribution in [0.15, 0.2) is 29.2 Å². The lowest BCUT2D eigenvalue weighted by atomic mass is 10.3. The van der Waals surface area contributed by atoms with Crippen LogP contribution in [0.5, 0.6) is 0 Å². The first-order valence-corrected chi connectivity index (χ1v) is 8.81. The van der Waals surface area contributed by atoms with E-state index in [4.69, 9.17) is 11.6 Å². The summed E-state index contributed by atoms with van der Waals surface area (Å²) in [6.45, 7) is 2.71. The molecule has 122 valence electrons. The summed E-state index contributed by atoms with van der Waals surface area (Å²) >= 11 is 5.77. The second-order valence-electron chi connectivity index (χ2n) is 5.40. The molecule has 1 aliphatic rings.